The fraction of sp³-hybridized carbons (Fsp3) is 0.565. The van der Waals surface area contributed by atoms with Crippen molar-refractivity contribution in [2.45, 2.75) is 37.5 Å². The van der Waals surface area contributed by atoms with Crippen LogP contribution in [0.2, 0.25) is 0 Å². The van der Waals surface area contributed by atoms with E-state index in [0.717, 1.165) is 56.8 Å². The minimum absolute atomic E-state index is 0.114. The Bertz CT molecular complexity index is 857. The first kappa shape index (κ1) is 21.9. The van der Waals surface area contributed by atoms with Crippen LogP contribution in [0.15, 0.2) is 24.3 Å². The number of halogens is 1. The number of carbonyl (C=O) groups excluding carboxylic acids is 1. The molecule has 4 rings (SSSR count). The Labute approximate surface area is 182 Å². The predicted octanol–water partition coefficient (Wildman–Crippen LogP) is 1.24. The van der Waals surface area contributed by atoms with Gasteiger partial charge in [-0.15, -0.1) is 0 Å². The van der Waals surface area contributed by atoms with Crippen molar-refractivity contribution < 1.29 is 18.7 Å². The van der Waals surface area contributed by atoms with Gasteiger partial charge in [0.25, 0.3) is 5.91 Å². The molecule has 0 saturated carbocycles. The van der Waals surface area contributed by atoms with E-state index in [-0.39, 0.29) is 18.1 Å². The summed E-state index contributed by atoms with van der Waals surface area (Å²) in [7, 11) is 0. The number of nitrogens with zero attached hydrogens (tertiary/aromatic N) is 2. The maximum Gasteiger partial charge on any atom is 0.251 e. The second-order valence-corrected chi connectivity index (χ2v) is 8.28. The number of rotatable bonds is 6. The van der Waals surface area contributed by atoms with Gasteiger partial charge < -0.3 is 20.1 Å². The van der Waals surface area contributed by atoms with Gasteiger partial charge in [-0.3, -0.25) is 9.69 Å². The van der Waals surface area contributed by atoms with Gasteiger partial charge in [-0.2, -0.15) is 5.26 Å². The lowest BCUT2D eigenvalue weighted by Gasteiger charge is -2.38. The number of hydrogen-bond acceptors (Lipinski definition) is 6. The lowest BCUT2D eigenvalue weighted by molar-refractivity contribution is -0.132. The fourth-order valence-electron chi connectivity index (χ4n) is 4.12. The predicted molar refractivity (Wildman–Crippen MR) is 114 cm³/mol. The van der Waals surface area contributed by atoms with Crippen LogP contribution in [-0.2, 0) is 20.7 Å². The molecule has 3 aliphatic heterocycles. The molecule has 0 aromatic heterocycles. The zero-order valence-corrected chi connectivity index (χ0v) is 17.6. The summed E-state index contributed by atoms with van der Waals surface area (Å²) in [5.74, 6) is -0.693. The summed E-state index contributed by atoms with van der Waals surface area (Å²) in [6.45, 7) is 5.11. The topological polar surface area (TPSA) is 86.6 Å². The molecular formula is C23H29FN4O3. The summed E-state index contributed by atoms with van der Waals surface area (Å²) in [6, 6.07) is 6.92. The molecule has 31 heavy (non-hydrogen) atoms. The van der Waals surface area contributed by atoms with Crippen LogP contribution in [-0.4, -0.2) is 75.0 Å². The summed E-state index contributed by atoms with van der Waals surface area (Å²) >= 11 is 0. The van der Waals surface area contributed by atoms with Crippen LogP contribution in [0.1, 0.15) is 24.0 Å². The quantitative estimate of drug-likeness (QED) is 0.709. The summed E-state index contributed by atoms with van der Waals surface area (Å²) < 4.78 is 25.6. The van der Waals surface area contributed by atoms with Gasteiger partial charge in [0, 0.05) is 32.7 Å². The highest BCUT2D eigenvalue weighted by Gasteiger charge is 2.27. The SMILES string of the molecule is N#C[C@H](Cc1ccc(C2=CCN(C3COC3)CC2)cc1F)NC(=O)[C@@H]1CNCCCO1. The van der Waals surface area contributed by atoms with Crippen LogP contribution < -0.4 is 10.6 Å². The van der Waals surface area contributed by atoms with Crippen LogP contribution in [0.25, 0.3) is 5.57 Å². The highest BCUT2D eigenvalue weighted by molar-refractivity contribution is 5.81. The number of nitrogens with one attached hydrogen (secondary N) is 2. The average Bonchev–Trinajstić information content (AvgIpc) is 3.03. The molecule has 1 amide bonds. The Morgan fingerprint density at radius 1 is 1.42 bits per heavy atom. The zero-order chi connectivity index (χ0) is 21.6. The lowest BCUT2D eigenvalue weighted by atomic mass is 9.95. The summed E-state index contributed by atoms with van der Waals surface area (Å²) in [6.07, 6.45) is 3.36. The Morgan fingerprint density at radius 3 is 2.97 bits per heavy atom. The third kappa shape index (κ3) is 5.49. The normalized spacial score (nSPS) is 23.7. The number of nitriles is 1. The molecule has 3 aliphatic rings. The molecule has 2 fully saturated rings. The summed E-state index contributed by atoms with van der Waals surface area (Å²) in [5, 5.41) is 15.3. The molecule has 0 unspecified atom stereocenters. The van der Waals surface area contributed by atoms with Gasteiger partial charge in [0.15, 0.2) is 0 Å². The third-order valence-electron chi connectivity index (χ3n) is 6.14. The minimum Gasteiger partial charge on any atom is -0.378 e. The molecule has 2 N–H and O–H groups in total. The van der Waals surface area contributed by atoms with Gasteiger partial charge in [-0.1, -0.05) is 18.2 Å². The molecule has 166 valence electrons. The molecule has 2 saturated heterocycles. The maximum absolute atomic E-state index is 14.8. The molecule has 0 aliphatic carbocycles. The van der Waals surface area contributed by atoms with E-state index < -0.39 is 12.1 Å². The van der Waals surface area contributed by atoms with E-state index in [1.165, 1.54) is 6.07 Å². The van der Waals surface area contributed by atoms with Crippen molar-refractivity contribution in [1.82, 2.24) is 15.5 Å². The van der Waals surface area contributed by atoms with Crippen LogP contribution in [0, 0.1) is 17.1 Å². The van der Waals surface area contributed by atoms with E-state index in [1.807, 2.05) is 6.07 Å². The Kier molecular flexibility index (Phi) is 7.30. The first-order chi connectivity index (χ1) is 15.1. The molecule has 0 spiro atoms. The average molecular weight is 429 g/mol. The number of hydrogen-bond donors (Lipinski definition) is 2. The highest BCUT2D eigenvalue weighted by Crippen LogP contribution is 2.26. The minimum atomic E-state index is -0.813. The highest BCUT2D eigenvalue weighted by atomic mass is 19.1. The Balaban J connectivity index is 1.35. The van der Waals surface area contributed by atoms with Gasteiger partial charge in [-0.25, -0.2) is 4.39 Å². The molecule has 2 atom stereocenters. The van der Waals surface area contributed by atoms with Crippen molar-refractivity contribution >= 4 is 11.5 Å². The molecule has 0 bridgehead atoms. The van der Waals surface area contributed by atoms with Crippen LogP contribution in [0.3, 0.4) is 0 Å². The smallest absolute Gasteiger partial charge is 0.251 e. The molecule has 1 aromatic carbocycles. The van der Waals surface area contributed by atoms with Gasteiger partial charge in [0.1, 0.15) is 18.0 Å². The zero-order valence-electron chi connectivity index (χ0n) is 17.6. The molecule has 0 radical (unpaired) electrons. The van der Waals surface area contributed by atoms with E-state index in [2.05, 4.69) is 27.7 Å². The molecule has 7 nitrogen and oxygen atoms in total. The fourth-order valence-corrected chi connectivity index (χ4v) is 4.12. The lowest BCUT2D eigenvalue weighted by Crippen LogP contribution is -2.50. The maximum atomic E-state index is 14.8. The van der Waals surface area contributed by atoms with Crippen molar-refractivity contribution in [3.05, 3.63) is 41.2 Å². The third-order valence-corrected chi connectivity index (χ3v) is 6.14. The van der Waals surface area contributed by atoms with Crippen molar-refractivity contribution in [2.75, 3.05) is 46.0 Å². The van der Waals surface area contributed by atoms with Crippen LogP contribution in [0.5, 0.6) is 0 Å². The number of benzene rings is 1. The van der Waals surface area contributed by atoms with E-state index in [0.29, 0.717) is 24.8 Å². The van der Waals surface area contributed by atoms with E-state index >= 15 is 0 Å². The second-order valence-electron chi connectivity index (χ2n) is 8.28. The largest absolute Gasteiger partial charge is 0.378 e. The van der Waals surface area contributed by atoms with E-state index in [9.17, 15) is 14.4 Å². The summed E-state index contributed by atoms with van der Waals surface area (Å²) in [5.41, 5.74) is 2.44. The van der Waals surface area contributed by atoms with Gasteiger partial charge >= 0.3 is 0 Å². The second kappa shape index (κ2) is 10.3. The number of amides is 1. The van der Waals surface area contributed by atoms with Gasteiger partial charge in [-0.05, 0) is 42.2 Å². The molecule has 1 aromatic rings. The van der Waals surface area contributed by atoms with Crippen LogP contribution in [0.4, 0.5) is 4.39 Å². The molecule has 3 heterocycles. The van der Waals surface area contributed by atoms with E-state index in [1.54, 1.807) is 6.07 Å². The standard InChI is InChI=1S/C23H29FN4O3/c24-21-11-17(16-4-7-28(8-5-16)20-14-30-15-20)2-3-18(21)10-19(12-25)27-23(29)22-13-26-6-1-9-31-22/h2-4,11,19-20,22,26H,1,5-10,13-15H2,(H,27,29)/t19-,22-/m0/s1. The number of ether oxygens (including phenoxy) is 2. The molecular weight excluding hydrogens is 399 g/mol. The first-order valence-corrected chi connectivity index (χ1v) is 11.0. The van der Waals surface area contributed by atoms with Crippen molar-refractivity contribution in [1.29, 1.82) is 5.26 Å². The monoisotopic (exact) mass is 428 g/mol. The first-order valence-electron chi connectivity index (χ1n) is 11.0. The van der Waals surface area contributed by atoms with Gasteiger partial charge in [0.05, 0.1) is 25.3 Å². The van der Waals surface area contributed by atoms with Crippen LogP contribution >= 0.6 is 0 Å². The van der Waals surface area contributed by atoms with Crippen molar-refractivity contribution in [3.63, 3.8) is 0 Å². The van der Waals surface area contributed by atoms with Gasteiger partial charge in [0.2, 0.25) is 0 Å². The summed E-state index contributed by atoms with van der Waals surface area (Å²) in [4.78, 5) is 14.8. The van der Waals surface area contributed by atoms with E-state index in [4.69, 9.17) is 9.47 Å². The van der Waals surface area contributed by atoms with Crippen molar-refractivity contribution in [2.24, 2.45) is 0 Å². The Morgan fingerprint density at radius 2 is 2.29 bits per heavy atom. The number of carbonyl (C=O) groups is 1. The molecule has 8 heteroatoms. The van der Waals surface area contributed by atoms with Crippen molar-refractivity contribution in [3.8, 4) is 6.07 Å². The Hall–Kier alpha value is -2.31.